The fourth-order valence-electron chi connectivity index (χ4n) is 1.45. The van der Waals surface area contributed by atoms with Crippen LogP contribution in [0.4, 0.5) is 0 Å². The second-order valence-corrected chi connectivity index (χ2v) is 5.85. The van der Waals surface area contributed by atoms with Gasteiger partial charge in [-0.25, -0.2) is 0 Å². The van der Waals surface area contributed by atoms with Gasteiger partial charge in [0.15, 0.2) is 0 Å². The van der Waals surface area contributed by atoms with Crippen molar-refractivity contribution < 1.29 is 0 Å². The summed E-state index contributed by atoms with van der Waals surface area (Å²) in [7, 11) is 0. The van der Waals surface area contributed by atoms with Crippen LogP contribution in [0, 0.1) is 6.92 Å². The number of allylic oxidation sites excluding steroid dienone is 4. The fraction of sp³-hybridized carbons (Fsp3) is 0.333. The lowest BCUT2D eigenvalue weighted by atomic mass is 9.96. The molecule has 0 aromatic carbocycles. The lowest BCUT2D eigenvalue weighted by Gasteiger charge is -2.20. The zero-order valence-electron chi connectivity index (χ0n) is 8.87. The van der Waals surface area contributed by atoms with E-state index in [9.17, 15) is 0 Å². The Bertz CT molecular complexity index is 416. The first kappa shape index (κ1) is 10.6. The van der Waals surface area contributed by atoms with E-state index in [1.54, 1.807) is 0 Å². The molecule has 15 heavy (non-hydrogen) atoms. The van der Waals surface area contributed by atoms with E-state index in [0.717, 1.165) is 23.4 Å². The summed E-state index contributed by atoms with van der Waals surface area (Å²) in [5.74, 6) is 0. The van der Waals surface area contributed by atoms with Crippen LogP contribution in [-0.2, 0) is 0 Å². The Morgan fingerprint density at radius 1 is 1.33 bits per heavy atom. The maximum absolute atomic E-state index is 4.16. The van der Waals surface area contributed by atoms with Crippen LogP contribution in [-0.4, -0.2) is 14.5 Å². The van der Waals surface area contributed by atoms with E-state index in [4.69, 9.17) is 0 Å². The maximum atomic E-state index is 4.16. The number of hydrogen-bond donors (Lipinski definition) is 0. The monoisotopic (exact) mass is 264 g/mol. The van der Waals surface area contributed by atoms with Gasteiger partial charge in [0.05, 0.1) is 11.4 Å². The van der Waals surface area contributed by atoms with Crippen molar-refractivity contribution in [2.45, 2.75) is 24.6 Å². The molecule has 0 saturated carbocycles. The molecule has 1 unspecified atom stereocenters. The molecular formula is C12H13BrN2. The fourth-order valence-corrected chi connectivity index (χ4v) is 1.75. The molecule has 1 heterocycles. The van der Waals surface area contributed by atoms with E-state index in [2.05, 4.69) is 51.3 Å². The molecule has 0 amide bonds. The third-order valence-electron chi connectivity index (χ3n) is 2.43. The van der Waals surface area contributed by atoms with Crippen molar-refractivity contribution in [2.24, 2.45) is 0 Å². The van der Waals surface area contributed by atoms with Gasteiger partial charge in [-0.2, -0.15) is 10.2 Å². The Hall–Kier alpha value is -0.960. The highest BCUT2D eigenvalue weighted by Crippen LogP contribution is 2.31. The van der Waals surface area contributed by atoms with E-state index < -0.39 is 0 Å². The van der Waals surface area contributed by atoms with Gasteiger partial charge in [-0.3, -0.25) is 0 Å². The third kappa shape index (κ3) is 2.53. The summed E-state index contributed by atoms with van der Waals surface area (Å²) in [6.45, 7) is 4.09. The molecule has 0 fully saturated rings. The molecule has 1 aromatic rings. The molecule has 0 aliphatic heterocycles. The second kappa shape index (κ2) is 3.89. The van der Waals surface area contributed by atoms with Gasteiger partial charge in [0.25, 0.3) is 0 Å². The number of aromatic nitrogens is 2. The van der Waals surface area contributed by atoms with Crippen LogP contribution in [0.5, 0.6) is 0 Å². The van der Waals surface area contributed by atoms with Crippen molar-refractivity contribution in [1.29, 1.82) is 0 Å². The number of nitrogens with zero attached hydrogens (tertiary/aromatic N) is 2. The number of rotatable bonds is 1. The molecule has 1 atom stereocenters. The van der Waals surface area contributed by atoms with Crippen molar-refractivity contribution in [1.82, 2.24) is 10.2 Å². The molecule has 1 aliphatic carbocycles. The van der Waals surface area contributed by atoms with Crippen LogP contribution < -0.4 is 0 Å². The molecule has 2 nitrogen and oxygen atoms in total. The molecule has 3 heteroatoms. The zero-order chi connectivity index (χ0) is 10.9. The molecule has 0 bridgehead atoms. The SMILES string of the molecule is Cc1ccc(C2=CCC(C)(Br)C=C2)nn1. The van der Waals surface area contributed by atoms with Crippen molar-refractivity contribution in [3.8, 4) is 0 Å². The quantitative estimate of drug-likeness (QED) is 0.728. The highest BCUT2D eigenvalue weighted by Gasteiger charge is 2.18. The van der Waals surface area contributed by atoms with Gasteiger partial charge in [0, 0.05) is 4.32 Å². The first-order valence-electron chi connectivity index (χ1n) is 4.96. The lowest BCUT2D eigenvalue weighted by molar-refractivity contribution is 0.816. The first-order chi connectivity index (χ1) is 7.07. The summed E-state index contributed by atoms with van der Waals surface area (Å²) in [5.41, 5.74) is 3.05. The summed E-state index contributed by atoms with van der Waals surface area (Å²) in [6, 6.07) is 3.99. The minimum absolute atomic E-state index is 0.0919. The Balaban J connectivity index is 2.24. The Morgan fingerprint density at radius 2 is 2.13 bits per heavy atom. The molecule has 0 N–H and O–H groups in total. The van der Waals surface area contributed by atoms with Crippen LogP contribution >= 0.6 is 15.9 Å². The smallest absolute Gasteiger partial charge is 0.0926 e. The van der Waals surface area contributed by atoms with Crippen LogP contribution in [0.1, 0.15) is 24.7 Å². The summed E-state index contributed by atoms with van der Waals surface area (Å²) < 4.78 is 0.0919. The lowest BCUT2D eigenvalue weighted by Crippen LogP contribution is -2.13. The van der Waals surface area contributed by atoms with Gasteiger partial charge < -0.3 is 0 Å². The molecule has 0 radical (unpaired) electrons. The average Bonchev–Trinajstić information content (AvgIpc) is 2.20. The summed E-state index contributed by atoms with van der Waals surface area (Å²) >= 11 is 3.64. The number of alkyl halides is 1. The van der Waals surface area contributed by atoms with E-state index in [0.29, 0.717) is 0 Å². The molecule has 2 rings (SSSR count). The first-order valence-corrected chi connectivity index (χ1v) is 5.75. The summed E-state index contributed by atoms with van der Waals surface area (Å²) in [4.78, 5) is 0. The third-order valence-corrected chi connectivity index (χ3v) is 3.01. The van der Waals surface area contributed by atoms with Crippen molar-refractivity contribution in [2.75, 3.05) is 0 Å². The minimum atomic E-state index is 0.0919. The molecular weight excluding hydrogens is 252 g/mol. The summed E-state index contributed by atoms with van der Waals surface area (Å²) in [5, 5.41) is 8.22. The van der Waals surface area contributed by atoms with Crippen LogP contribution in [0.15, 0.2) is 30.4 Å². The van der Waals surface area contributed by atoms with E-state index >= 15 is 0 Å². The molecule has 1 aliphatic rings. The predicted molar refractivity (Wildman–Crippen MR) is 65.8 cm³/mol. The maximum Gasteiger partial charge on any atom is 0.0926 e. The molecule has 78 valence electrons. The highest BCUT2D eigenvalue weighted by atomic mass is 79.9. The minimum Gasteiger partial charge on any atom is -0.155 e. The van der Waals surface area contributed by atoms with E-state index in [1.807, 2.05) is 19.1 Å². The van der Waals surface area contributed by atoms with E-state index in [-0.39, 0.29) is 4.32 Å². The molecule has 0 saturated heterocycles. The van der Waals surface area contributed by atoms with Crippen molar-refractivity contribution in [3.63, 3.8) is 0 Å². The average molecular weight is 265 g/mol. The van der Waals surface area contributed by atoms with Crippen LogP contribution in [0.3, 0.4) is 0 Å². The van der Waals surface area contributed by atoms with Gasteiger partial charge in [0.2, 0.25) is 0 Å². The largest absolute Gasteiger partial charge is 0.155 e. The van der Waals surface area contributed by atoms with Gasteiger partial charge in [-0.1, -0.05) is 34.2 Å². The molecule has 1 aromatic heterocycles. The topological polar surface area (TPSA) is 25.8 Å². The zero-order valence-corrected chi connectivity index (χ0v) is 10.5. The molecule has 0 spiro atoms. The highest BCUT2D eigenvalue weighted by molar-refractivity contribution is 9.10. The number of hydrogen-bond acceptors (Lipinski definition) is 2. The van der Waals surface area contributed by atoms with E-state index in [1.165, 1.54) is 0 Å². The number of aryl methyl sites for hydroxylation is 1. The van der Waals surface area contributed by atoms with Gasteiger partial charge in [-0.15, -0.1) is 0 Å². The van der Waals surface area contributed by atoms with Crippen molar-refractivity contribution >= 4 is 21.5 Å². The van der Waals surface area contributed by atoms with Gasteiger partial charge in [0.1, 0.15) is 0 Å². The van der Waals surface area contributed by atoms with Gasteiger partial charge >= 0.3 is 0 Å². The second-order valence-electron chi connectivity index (χ2n) is 4.03. The summed E-state index contributed by atoms with van der Waals surface area (Å²) in [6.07, 6.45) is 7.42. The Labute approximate surface area is 98.2 Å². The number of halogens is 1. The standard InChI is InChI=1S/C12H13BrN2/c1-9-3-4-11(15-14-9)10-5-7-12(2,13)8-6-10/h3-7H,8H2,1-2H3. The van der Waals surface area contributed by atoms with Gasteiger partial charge in [-0.05, 0) is 38.0 Å². The normalized spacial score (nSPS) is 25.1. The Kier molecular flexibility index (Phi) is 2.74. The van der Waals surface area contributed by atoms with Crippen molar-refractivity contribution in [3.05, 3.63) is 41.7 Å². The Morgan fingerprint density at radius 3 is 2.67 bits per heavy atom. The van der Waals surface area contributed by atoms with Crippen LogP contribution in [0.2, 0.25) is 0 Å². The van der Waals surface area contributed by atoms with Crippen LogP contribution in [0.25, 0.3) is 5.57 Å². The predicted octanol–water partition coefficient (Wildman–Crippen LogP) is 3.28.